The van der Waals surface area contributed by atoms with Crippen LogP contribution in [-0.4, -0.2) is 25.9 Å². The van der Waals surface area contributed by atoms with Gasteiger partial charge in [0.2, 0.25) is 0 Å². The lowest BCUT2D eigenvalue weighted by molar-refractivity contribution is 0.649. The first-order valence-corrected chi connectivity index (χ1v) is 7.17. The van der Waals surface area contributed by atoms with Gasteiger partial charge in [0.1, 0.15) is 0 Å². The molecule has 102 valence electrons. The average Bonchev–Trinajstić information content (AvgIpc) is 2.92. The highest BCUT2D eigenvalue weighted by molar-refractivity contribution is 6.17. The molecule has 2 aromatic heterocycles. The standard InChI is InChI=1S/C15H15ClN4/c16-7-1-4-14-11-20(19-18-14)10-12-5-6-15-13(9-12)3-2-8-17-15/h2-3,5-6,8-9,11H,1,4,7,10H2. The first-order chi connectivity index (χ1) is 9.85. The molecule has 2 heterocycles. The minimum Gasteiger partial charge on any atom is -0.256 e. The van der Waals surface area contributed by atoms with Crippen LogP contribution in [0.3, 0.4) is 0 Å². The smallest absolute Gasteiger partial charge is 0.0827 e. The quantitative estimate of drug-likeness (QED) is 0.677. The van der Waals surface area contributed by atoms with Gasteiger partial charge in [0.05, 0.1) is 17.8 Å². The summed E-state index contributed by atoms with van der Waals surface area (Å²) < 4.78 is 1.86. The molecule has 0 spiro atoms. The van der Waals surface area contributed by atoms with Gasteiger partial charge in [-0.1, -0.05) is 17.3 Å². The van der Waals surface area contributed by atoms with Crippen LogP contribution in [0.1, 0.15) is 17.7 Å². The number of rotatable bonds is 5. The van der Waals surface area contributed by atoms with Crippen LogP contribution in [0.5, 0.6) is 0 Å². The van der Waals surface area contributed by atoms with Gasteiger partial charge in [-0.3, -0.25) is 4.98 Å². The minimum atomic E-state index is 0.657. The maximum atomic E-state index is 5.68. The van der Waals surface area contributed by atoms with Gasteiger partial charge < -0.3 is 0 Å². The Kier molecular flexibility index (Phi) is 3.92. The molecule has 0 amide bonds. The third-order valence-corrected chi connectivity index (χ3v) is 3.43. The molecule has 0 N–H and O–H groups in total. The molecule has 3 rings (SSSR count). The first kappa shape index (κ1) is 13.1. The molecule has 0 aliphatic heterocycles. The number of aromatic nitrogens is 4. The van der Waals surface area contributed by atoms with Gasteiger partial charge in [0.15, 0.2) is 0 Å². The van der Waals surface area contributed by atoms with E-state index >= 15 is 0 Å². The van der Waals surface area contributed by atoms with Crippen LogP contribution in [0.4, 0.5) is 0 Å². The van der Waals surface area contributed by atoms with Gasteiger partial charge in [-0.15, -0.1) is 16.7 Å². The normalized spacial score (nSPS) is 11.1. The lowest BCUT2D eigenvalue weighted by Crippen LogP contribution is -2.00. The predicted molar refractivity (Wildman–Crippen MR) is 79.9 cm³/mol. The summed E-state index contributed by atoms with van der Waals surface area (Å²) in [5.41, 5.74) is 3.20. The second kappa shape index (κ2) is 6.01. The van der Waals surface area contributed by atoms with E-state index in [1.807, 2.05) is 29.2 Å². The summed E-state index contributed by atoms with van der Waals surface area (Å²) in [6.45, 7) is 0.721. The van der Waals surface area contributed by atoms with E-state index in [4.69, 9.17) is 11.6 Å². The van der Waals surface area contributed by atoms with Crippen LogP contribution in [0.15, 0.2) is 42.7 Å². The molecule has 0 aliphatic carbocycles. The molecule has 0 saturated carbocycles. The van der Waals surface area contributed by atoms with Gasteiger partial charge in [-0.2, -0.15) is 0 Å². The molecule has 0 radical (unpaired) electrons. The molecular weight excluding hydrogens is 272 g/mol. The lowest BCUT2D eigenvalue weighted by Gasteiger charge is -2.03. The van der Waals surface area contributed by atoms with Gasteiger partial charge in [-0.05, 0) is 36.6 Å². The first-order valence-electron chi connectivity index (χ1n) is 6.64. The fourth-order valence-corrected chi connectivity index (χ4v) is 2.32. The Morgan fingerprint density at radius 1 is 1.20 bits per heavy atom. The fourth-order valence-electron chi connectivity index (χ4n) is 2.19. The zero-order chi connectivity index (χ0) is 13.8. The van der Waals surface area contributed by atoms with Crippen molar-refractivity contribution in [2.75, 3.05) is 5.88 Å². The number of fused-ring (bicyclic) bond motifs is 1. The zero-order valence-electron chi connectivity index (χ0n) is 11.0. The van der Waals surface area contributed by atoms with Crippen molar-refractivity contribution in [2.45, 2.75) is 19.4 Å². The Morgan fingerprint density at radius 3 is 3.05 bits per heavy atom. The minimum absolute atomic E-state index is 0.657. The Bertz CT molecular complexity index is 708. The van der Waals surface area contributed by atoms with Gasteiger partial charge in [0.25, 0.3) is 0 Å². The highest BCUT2D eigenvalue weighted by atomic mass is 35.5. The summed E-state index contributed by atoms with van der Waals surface area (Å²) in [6, 6.07) is 10.3. The fraction of sp³-hybridized carbons (Fsp3) is 0.267. The number of benzene rings is 1. The van der Waals surface area contributed by atoms with E-state index in [0.29, 0.717) is 5.88 Å². The highest BCUT2D eigenvalue weighted by Crippen LogP contribution is 2.14. The molecule has 3 aromatic rings. The summed E-state index contributed by atoms with van der Waals surface area (Å²) in [5, 5.41) is 9.45. The van der Waals surface area contributed by atoms with E-state index in [1.54, 1.807) is 0 Å². The summed E-state index contributed by atoms with van der Waals surface area (Å²) in [6.07, 6.45) is 5.61. The Balaban J connectivity index is 1.76. The van der Waals surface area contributed by atoms with Crippen molar-refractivity contribution >= 4 is 22.5 Å². The van der Waals surface area contributed by atoms with Crippen molar-refractivity contribution in [3.05, 3.63) is 54.0 Å². The highest BCUT2D eigenvalue weighted by Gasteiger charge is 2.02. The van der Waals surface area contributed by atoms with Crippen LogP contribution < -0.4 is 0 Å². The van der Waals surface area contributed by atoms with E-state index in [-0.39, 0.29) is 0 Å². The second-order valence-corrected chi connectivity index (χ2v) is 5.11. The third kappa shape index (κ3) is 2.96. The van der Waals surface area contributed by atoms with E-state index in [0.717, 1.165) is 36.0 Å². The molecule has 20 heavy (non-hydrogen) atoms. The number of halogens is 1. The molecule has 0 aliphatic rings. The SMILES string of the molecule is ClCCCc1cn(Cc2ccc3ncccc3c2)nn1. The summed E-state index contributed by atoms with van der Waals surface area (Å²) in [7, 11) is 0. The van der Waals surface area contributed by atoms with Crippen molar-refractivity contribution in [2.24, 2.45) is 0 Å². The maximum absolute atomic E-state index is 5.68. The monoisotopic (exact) mass is 286 g/mol. The molecule has 0 atom stereocenters. The summed E-state index contributed by atoms with van der Waals surface area (Å²) >= 11 is 5.68. The molecule has 0 fully saturated rings. The maximum Gasteiger partial charge on any atom is 0.0827 e. The number of hydrogen-bond donors (Lipinski definition) is 0. The van der Waals surface area contributed by atoms with Gasteiger partial charge in [-0.25, -0.2) is 4.68 Å². The number of pyridine rings is 1. The van der Waals surface area contributed by atoms with Crippen LogP contribution in [-0.2, 0) is 13.0 Å². The number of hydrogen-bond acceptors (Lipinski definition) is 3. The van der Waals surface area contributed by atoms with Crippen LogP contribution in [0, 0.1) is 0 Å². The van der Waals surface area contributed by atoms with Gasteiger partial charge >= 0.3 is 0 Å². The van der Waals surface area contributed by atoms with Crippen molar-refractivity contribution in [1.82, 2.24) is 20.0 Å². The van der Waals surface area contributed by atoms with Crippen LogP contribution >= 0.6 is 11.6 Å². The lowest BCUT2D eigenvalue weighted by atomic mass is 10.1. The largest absolute Gasteiger partial charge is 0.256 e. The third-order valence-electron chi connectivity index (χ3n) is 3.16. The van der Waals surface area contributed by atoms with Crippen LogP contribution in [0.2, 0.25) is 0 Å². The molecular formula is C15H15ClN4. The molecule has 0 saturated heterocycles. The van der Waals surface area contributed by atoms with Crippen molar-refractivity contribution in [3.63, 3.8) is 0 Å². The van der Waals surface area contributed by atoms with Crippen molar-refractivity contribution in [1.29, 1.82) is 0 Å². The van der Waals surface area contributed by atoms with Crippen LogP contribution in [0.25, 0.3) is 10.9 Å². The molecule has 0 bridgehead atoms. The predicted octanol–water partition coefficient (Wildman–Crippen LogP) is 3.05. The summed E-state index contributed by atoms with van der Waals surface area (Å²) in [5.74, 6) is 0.657. The van der Waals surface area contributed by atoms with E-state index in [2.05, 4.69) is 33.5 Å². The zero-order valence-corrected chi connectivity index (χ0v) is 11.8. The Labute approximate surface area is 122 Å². The summed E-state index contributed by atoms with van der Waals surface area (Å²) in [4.78, 5) is 4.32. The second-order valence-electron chi connectivity index (χ2n) is 4.73. The number of alkyl halides is 1. The van der Waals surface area contributed by atoms with Crippen molar-refractivity contribution < 1.29 is 0 Å². The van der Waals surface area contributed by atoms with E-state index in [1.165, 1.54) is 5.56 Å². The van der Waals surface area contributed by atoms with Crippen molar-refractivity contribution in [3.8, 4) is 0 Å². The topological polar surface area (TPSA) is 43.6 Å². The molecule has 1 aromatic carbocycles. The van der Waals surface area contributed by atoms with E-state index < -0.39 is 0 Å². The van der Waals surface area contributed by atoms with Gasteiger partial charge in [0, 0.05) is 23.7 Å². The number of nitrogens with zero attached hydrogens (tertiary/aromatic N) is 4. The molecule has 0 unspecified atom stereocenters. The molecule has 4 nitrogen and oxygen atoms in total. The Morgan fingerprint density at radius 2 is 2.15 bits per heavy atom. The average molecular weight is 287 g/mol. The Hall–Kier alpha value is -1.94. The van der Waals surface area contributed by atoms with E-state index in [9.17, 15) is 0 Å². The molecule has 5 heteroatoms. The number of aryl methyl sites for hydroxylation is 1.